The molecule has 1 saturated heterocycles. The monoisotopic (exact) mass is 410 g/mol. The van der Waals surface area contributed by atoms with Crippen molar-refractivity contribution in [2.75, 3.05) is 13.1 Å². The minimum atomic E-state index is 0.0846. The minimum Gasteiger partial charge on any atom is -0.350 e. The molecule has 6 heteroatoms. The van der Waals surface area contributed by atoms with Crippen molar-refractivity contribution in [3.63, 3.8) is 0 Å². The molecule has 29 heavy (non-hydrogen) atoms. The van der Waals surface area contributed by atoms with Crippen LogP contribution in [0.2, 0.25) is 5.02 Å². The van der Waals surface area contributed by atoms with E-state index >= 15 is 0 Å². The third-order valence-electron chi connectivity index (χ3n) is 5.79. The number of halogens is 1. The van der Waals surface area contributed by atoms with Gasteiger partial charge in [-0.15, -0.1) is 0 Å². The Bertz CT molecular complexity index is 977. The summed E-state index contributed by atoms with van der Waals surface area (Å²) in [4.78, 5) is 19.2. The van der Waals surface area contributed by atoms with Crippen LogP contribution in [0.25, 0.3) is 10.9 Å². The summed E-state index contributed by atoms with van der Waals surface area (Å²) in [5, 5.41) is 5.04. The molecule has 0 radical (unpaired) electrons. The Labute approximate surface area is 176 Å². The van der Waals surface area contributed by atoms with E-state index in [9.17, 15) is 4.79 Å². The number of pyridine rings is 1. The molecule has 3 aromatic rings. The highest BCUT2D eigenvalue weighted by molar-refractivity contribution is 6.31. The van der Waals surface area contributed by atoms with Crippen LogP contribution < -0.4 is 5.32 Å². The fourth-order valence-electron chi connectivity index (χ4n) is 4.15. The van der Waals surface area contributed by atoms with Gasteiger partial charge < -0.3 is 9.88 Å². The number of hydrogen-bond acceptors (Lipinski definition) is 3. The van der Waals surface area contributed by atoms with Gasteiger partial charge in [-0.25, -0.2) is 0 Å². The molecule has 0 spiro atoms. The van der Waals surface area contributed by atoms with Gasteiger partial charge in [0, 0.05) is 47.3 Å². The van der Waals surface area contributed by atoms with Gasteiger partial charge >= 0.3 is 0 Å². The summed E-state index contributed by atoms with van der Waals surface area (Å²) in [6.07, 6.45) is 5.78. The minimum absolute atomic E-state index is 0.0846. The number of carbonyl (C=O) groups is 1. The van der Waals surface area contributed by atoms with Gasteiger partial charge in [-0.3, -0.25) is 14.7 Å². The molecule has 152 valence electrons. The smallest absolute Gasteiger partial charge is 0.223 e. The number of carbonyl (C=O) groups excluding carboxylic acids is 1. The second-order valence-electron chi connectivity index (χ2n) is 7.69. The van der Waals surface area contributed by atoms with Gasteiger partial charge in [-0.05, 0) is 68.8 Å². The summed E-state index contributed by atoms with van der Waals surface area (Å²) in [5.74, 6) is 0.228. The van der Waals surface area contributed by atoms with E-state index in [1.807, 2.05) is 24.3 Å². The van der Waals surface area contributed by atoms with Gasteiger partial charge in [0.1, 0.15) is 0 Å². The number of fused-ring (bicyclic) bond motifs is 1. The molecule has 0 unspecified atom stereocenters. The molecular formula is C23H27ClN4O. The SMILES string of the molecule is CCn1cc(CN2CCC(C(=O)NCc3ccccn3)CC2)c2cc(Cl)ccc21. The average molecular weight is 411 g/mol. The largest absolute Gasteiger partial charge is 0.350 e. The number of likely N-dealkylation sites (tertiary alicyclic amines) is 1. The fourth-order valence-corrected chi connectivity index (χ4v) is 4.32. The molecule has 0 atom stereocenters. The molecule has 0 aliphatic carbocycles. The van der Waals surface area contributed by atoms with Gasteiger partial charge in [0.25, 0.3) is 0 Å². The first-order chi connectivity index (χ1) is 14.1. The Kier molecular flexibility index (Phi) is 6.16. The molecule has 1 aromatic carbocycles. The fraction of sp³-hybridized carbons (Fsp3) is 0.391. The highest BCUT2D eigenvalue weighted by Gasteiger charge is 2.25. The Morgan fingerprint density at radius 3 is 2.79 bits per heavy atom. The van der Waals surface area contributed by atoms with Gasteiger partial charge in [0.05, 0.1) is 12.2 Å². The van der Waals surface area contributed by atoms with Crippen molar-refractivity contribution < 1.29 is 4.79 Å². The number of aromatic nitrogens is 2. The van der Waals surface area contributed by atoms with E-state index < -0.39 is 0 Å². The third kappa shape index (κ3) is 4.62. The molecule has 1 aliphatic rings. The molecule has 1 fully saturated rings. The van der Waals surface area contributed by atoms with Crippen LogP contribution in [0.1, 0.15) is 31.0 Å². The summed E-state index contributed by atoms with van der Waals surface area (Å²) >= 11 is 6.24. The Hall–Kier alpha value is -2.37. The van der Waals surface area contributed by atoms with Crippen molar-refractivity contribution in [1.29, 1.82) is 0 Å². The normalized spacial score (nSPS) is 15.7. The highest BCUT2D eigenvalue weighted by Crippen LogP contribution is 2.27. The summed E-state index contributed by atoms with van der Waals surface area (Å²) in [5.41, 5.74) is 3.43. The van der Waals surface area contributed by atoms with Crippen LogP contribution in [0.5, 0.6) is 0 Å². The van der Waals surface area contributed by atoms with Crippen molar-refractivity contribution >= 4 is 28.4 Å². The number of nitrogens with one attached hydrogen (secondary N) is 1. The predicted molar refractivity (Wildman–Crippen MR) is 117 cm³/mol. The second kappa shape index (κ2) is 8.97. The van der Waals surface area contributed by atoms with Crippen molar-refractivity contribution in [3.8, 4) is 0 Å². The Morgan fingerprint density at radius 1 is 1.24 bits per heavy atom. The molecule has 0 bridgehead atoms. The van der Waals surface area contributed by atoms with Gasteiger partial charge in [0.2, 0.25) is 5.91 Å². The van der Waals surface area contributed by atoms with E-state index in [-0.39, 0.29) is 11.8 Å². The third-order valence-corrected chi connectivity index (χ3v) is 6.02. The number of benzene rings is 1. The predicted octanol–water partition coefficient (Wildman–Crippen LogP) is 4.24. The van der Waals surface area contributed by atoms with Crippen molar-refractivity contribution in [2.24, 2.45) is 5.92 Å². The van der Waals surface area contributed by atoms with Crippen molar-refractivity contribution in [2.45, 2.75) is 39.4 Å². The first kappa shape index (κ1) is 19.9. The lowest BCUT2D eigenvalue weighted by Gasteiger charge is -2.31. The van der Waals surface area contributed by atoms with Crippen LogP contribution in [0, 0.1) is 5.92 Å². The topological polar surface area (TPSA) is 50.2 Å². The lowest BCUT2D eigenvalue weighted by Crippen LogP contribution is -2.40. The van der Waals surface area contributed by atoms with E-state index in [2.05, 4.69) is 45.0 Å². The van der Waals surface area contributed by atoms with E-state index in [1.165, 1.54) is 16.5 Å². The Balaban J connectivity index is 1.34. The number of aryl methyl sites for hydroxylation is 1. The molecular weight excluding hydrogens is 384 g/mol. The van der Waals surface area contributed by atoms with Crippen LogP contribution >= 0.6 is 11.6 Å². The van der Waals surface area contributed by atoms with Crippen LogP contribution in [0.15, 0.2) is 48.8 Å². The average Bonchev–Trinajstić information content (AvgIpc) is 3.10. The maximum atomic E-state index is 12.5. The first-order valence-electron chi connectivity index (χ1n) is 10.3. The van der Waals surface area contributed by atoms with Gasteiger partial charge in [0.15, 0.2) is 0 Å². The van der Waals surface area contributed by atoms with E-state index in [4.69, 9.17) is 11.6 Å². The number of hydrogen-bond donors (Lipinski definition) is 1. The van der Waals surface area contributed by atoms with Crippen molar-refractivity contribution in [3.05, 3.63) is 65.1 Å². The quantitative estimate of drug-likeness (QED) is 0.661. The van der Waals surface area contributed by atoms with Crippen LogP contribution in [-0.2, 0) is 24.4 Å². The zero-order valence-electron chi connectivity index (χ0n) is 16.8. The molecule has 0 saturated carbocycles. The van der Waals surface area contributed by atoms with Gasteiger partial charge in [-0.1, -0.05) is 17.7 Å². The Morgan fingerprint density at radius 2 is 2.07 bits per heavy atom. The second-order valence-corrected chi connectivity index (χ2v) is 8.13. The first-order valence-corrected chi connectivity index (χ1v) is 10.7. The van der Waals surface area contributed by atoms with Crippen LogP contribution in [0.3, 0.4) is 0 Å². The maximum Gasteiger partial charge on any atom is 0.223 e. The lowest BCUT2D eigenvalue weighted by molar-refractivity contribution is -0.126. The number of piperidine rings is 1. The van der Waals surface area contributed by atoms with Gasteiger partial charge in [-0.2, -0.15) is 0 Å². The molecule has 3 heterocycles. The standard InChI is InChI=1S/C23H27ClN4O/c1-2-28-16-18(21-13-19(24)6-7-22(21)28)15-27-11-8-17(9-12-27)23(29)26-14-20-5-3-4-10-25-20/h3-7,10,13,16-17H,2,8-9,11-12,14-15H2,1H3,(H,26,29). The molecule has 2 aromatic heterocycles. The molecule has 5 nitrogen and oxygen atoms in total. The zero-order chi connectivity index (χ0) is 20.2. The summed E-state index contributed by atoms with van der Waals surface area (Å²) in [6, 6.07) is 11.9. The van der Waals surface area contributed by atoms with Crippen LogP contribution in [-0.4, -0.2) is 33.4 Å². The lowest BCUT2D eigenvalue weighted by atomic mass is 9.95. The van der Waals surface area contributed by atoms with Crippen molar-refractivity contribution in [1.82, 2.24) is 19.8 Å². The summed E-state index contributed by atoms with van der Waals surface area (Å²) in [6.45, 7) is 6.36. The van der Waals surface area contributed by atoms with Crippen LogP contribution in [0.4, 0.5) is 0 Å². The molecule has 1 aliphatic heterocycles. The molecule has 4 rings (SSSR count). The maximum absolute atomic E-state index is 12.5. The van der Waals surface area contributed by atoms with E-state index in [0.29, 0.717) is 6.54 Å². The van der Waals surface area contributed by atoms with E-state index in [1.54, 1.807) is 6.20 Å². The molecule has 1 N–H and O–H groups in total. The van der Waals surface area contributed by atoms with E-state index in [0.717, 1.165) is 49.7 Å². The highest BCUT2D eigenvalue weighted by atomic mass is 35.5. The molecule has 1 amide bonds. The summed E-state index contributed by atoms with van der Waals surface area (Å²) in [7, 11) is 0. The number of amides is 1. The number of nitrogens with zero attached hydrogens (tertiary/aromatic N) is 3. The summed E-state index contributed by atoms with van der Waals surface area (Å²) < 4.78 is 2.28. The zero-order valence-corrected chi connectivity index (χ0v) is 17.5. The number of rotatable bonds is 6.